The first-order valence-electron chi connectivity index (χ1n) is 5.83. The maximum atomic E-state index is 11.9. The summed E-state index contributed by atoms with van der Waals surface area (Å²) < 4.78 is 0. The Morgan fingerprint density at radius 2 is 1.78 bits per heavy atom. The van der Waals surface area contributed by atoms with Gasteiger partial charge in [-0.2, -0.15) is 0 Å². The van der Waals surface area contributed by atoms with E-state index in [1.165, 1.54) is 0 Å². The summed E-state index contributed by atoms with van der Waals surface area (Å²) >= 11 is 0. The van der Waals surface area contributed by atoms with Crippen LogP contribution in [0, 0.1) is 5.92 Å². The van der Waals surface area contributed by atoms with Crippen LogP contribution in [0.15, 0.2) is 42.5 Å². The lowest BCUT2D eigenvalue weighted by molar-refractivity contribution is -0.141. The lowest BCUT2D eigenvalue weighted by atomic mass is 9.98. The van der Waals surface area contributed by atoms with Gasteiger partial charge in [0.15, 0.2) is 5.78 Å². The summed E-state index contributed by atoms with van der Waals surface area (Å²) in [6, 6.07) is 13.2. The third-order valence-corrected chi connectivity index (χ3v) is 2.98. The van der Waals surface area contributed by atoms with Gasteiger partial charge in [-0.15, -0.1) is 0 Å². The van der Waals surface area contributed by atoms with Crippen molar-refractivity contribution in [3.63, 3.8) is 0 Å². The van der Waals surface area contributed by atoms with Gasteiger partial charge >= 0.3 is 5.97 Å². The van der Waals surface area contributed by atoms with E-state index in [1.807, 2.05) is 36.4 Å². The fourth-order valence-electron chi connectivity index (χ4n) is 1.85. The predicted molar refractivity (Wildman–Crippen MR) is 69.7 cm³/mol. The second-order valence-electron chi connectivity index (χ2n) is 4.43. The van der Waals surface area contributed by atoms with Crippen molar-refractivity contribution in [3.8, 4) is 0 Å². The number of rotatable bonds is 4. The van der Waals surface area contributed by atoms with Crippen molar-refractivity contribution >= 4 is 22.5 Å². The fourth-order valence-corrected chi connectivity index (χ4v) is 1.85. The number of carbonyl (C=O) groups excluding carboxylic acids is 1. The van der Waals surface area contributed by atoms with Crippen molar-refractivity contribution in [1.29, 1.82) is 0 Å². The molecule has 3 heteroatoms. The molecule has 0 aliphatic carbocycles. The highest BCUT2D eigenvalue weighted by molar-refractivity contribution is 6.01. The second-order valence-corrected chi connectivity index (χ2v) is 4.43. The Labute approximate surface area is 105 Å². The molecule has 0 aromatic heterocycles. The summed E-state index contributed by atoms with van der Waals surface area (Å²) in [7, 11) is 0. The molecule has 1 atom stereocenters. The van der Waals surface area contributed by atoms with Crippen molar-refractivity contribution in [1.82, 2.24) is 0 Å². The summed E-state index contributed by atoms with van der Waals surface area (Å²) in [6.07, 6.45) is 0.0354. The molecule has 0 amide bonds. The van der Waals surface area contributed by atoms with Crippen molar-refractivity contribution in [3.05, 3.63) is 48.0 Å². The van der Waals surface area contributed by atoms with Gasteiger partial charge in [-0.05, 0) is 16.8 Å². The smallest absolute Gasteiger partial charge is 0.306 e. The average Bonchev–Trinajstić information content (AvgIpc) is 2.37. The molecule has 2 aromatic carbocycles. The van der Waals surface area contributed by atoms with Crippen LogP contribution in [0.2, 0.25) is 0 Å². The molecular weight excluding hydrogens is 228 g/mol. The standard InChI is InChI=1S/C15H14O3/c1-10(15(17)18)8-14(16)13-7-6-11-4-2-3-5-12(11)9-13/h2-7,9-10H,8H2,1H3,(H,17,18). The third-order valence-electron chi connectivity index (χ3n) is 2.98. The Kier molecular flexibility index (Phi) is 3.42. The molecule has 92 valence electrons. The normalized spacial score (nSPS) is 12.3. The summed E-state index contributed by atoms with van der Waals surface area (Å²) in [5.41, 5.74) is 0.571. The highest BCUT2D eigenvalue weighted by Gasteiger charge is 2.17. The van der Waals surface area contributed by atoms with Gasteiger partial charge in [0.2, 0.25) is 0 Å². The zero-order valence-electron chi connectivity index (χ0n) is 10.1. The van der Waals surface area contributed by atoms with Gasteiger partial charge in [0.1, 0.15) is 0 Å². The molecule has 18 heavy (non-hydrogen) atoms. The van der Waals surface area contributed by atoms with Crippen LogP contribution in [-0.4, -0.2) is 16.9 Å². The van der Waals surface area contributed by atoms with Crippen molar-refractivity contribution in [2.75, 3.05) is 0 Å². The summed E-state index contributed by atoms with van der Waals surface area (Å²) in [5.74, 6) is -1.72. The van der Waals surface area contributed by atoms with Gasteiger partial charge in [0.25, 0.3) is 0 Å². The summed E-state index contributed by atoms with van der Waals surface area (Å²) in [4.78, 5) is 22.7. The molecule has 0 radical (unpaired) electrons. The molecule has 1 N–H and O–H groups in total. The van der Waals surface area contributed by atoms with Crippen LogP contribution >= 0.6 is 0 Å². The number of carboxylic acid groups (broad SMARTS) is 1. The molecule has 2 rings (SSSR count). The number of hydrogen-bond donors (Lipinski definition) is 1. The topological polar surface area (TPSA) is 54.4 Å². The monoisotopic (exact) mass is 242 g/mol. The van der Waals surface area contributed by atoms with E-state index in [0.717, 1.165) is 10.8 Å². The number of carbonyl (C=O) groups is 2. The number of aliphatic carboxylic acids is 1. The SMILES string of the molecule is CC(CC(=O)c1ccc2ccccc2c1)C(=O)O. The van der Waals surface area contributed by atoms with E-state index in [0.29, 0.717) is 5.56 Å². The number of Topliss-reactive ketones (excluding diaryl/α,β-unsaturated/α-hetero) is 1. The molecule has 0 bridgehead atoms. The van der Waals surface area contributed by atoms with E-state index in [9.17, 15) is 9.59 Å². The van der Waals surface area contributed by atoms with E-state index >= 15 is 0 Å². The molecule has 0 spiro atoms. The lowest BCUT2D eigenvalue weighted by Gasteiger charge is -2.06. The zero-order valence-corrected chi connectivity index (χ0v) is 10.1. The number of carboxylic acids is 1. The van der Waals surface area contributed by atoms with Crippen LogP contribution in [0.25, 0.3) is 10.8 Å². The largest absolute Gasteiger partial charge is 0.481 e. The van der Waals surface area contributed by atoms with Crippen molar-refractivity contribution in [2.24, 2.45) is 5.92 Å². The molecule has 0 saturated heterocycles. The van der Waals surface area contributed by atoms with E-state index in [2.05, 4.69) is 0 Å². The molecule has 2 aromatic rings. The molecule has 0 fully saturated rings. The number of benzene rings is 2. The predicted octanol–water partition coefficient (Wildman–Crippen LogP) is 3.13. The Morgan fingerprint density at radius 3 is 2.44 bits per heavy atom. The maximum absolute atomic E-state index is 11.9. The van der Waals surface area contributed by atoms with Crippen LogP contribution in [0.4, 0.5) is 0 Å². The van der Waals surface area contributed by atoms with Crippen LogP contribution in [0.3, 0.4) is 0 Å². The molecule has 3 nitrogen and oxygen atoms in total. The van der Waals surface area contributed by atoms with Gasteiger partial charge in [-0.25, -0.2) is 0 Å². The molecule has 0 aliphatic rings. The van der Waals surface area contributed by atoms with E-state index < -0.39 is 11.9 Å². The van der Waals surface area contributed by atoms with E-state index in [-0.39, 0.29) is 12.2 Å². The summed E-state index contributed by atoms with van der Waals surface area (Å²) in [6.45, 7) is 1.54. The minimum atomic E-state index is -0.941. The highest BCUT2D eigenvalue weighted by atomic mass is 16.4. The van der Waals surface area contributed by atoms with Crippen molar-refractivity contribution < 1.29 is 14.7 Å². The lowest BCUT2D eigenvalue weighted by Crippen LogP contribution is -2.14. The fraction of sp³-hybridized carbons (Fsp3) is 0.200. The molecule has 0 heterocycles. The van der Waals surface area contributed by atoms with Gasteiger partial charge in [-0.1, -0.05) is 43.3 Å². The number of fused-ring (bicyclic) bond motifs is 1. The quantitative estimate of drug-likeness (QED) is 0.838. The van der Waals surface area contributed by atoms with Gasteiger partial charge in [0.05, 0.1) is 5.92 Å². The van der Waals surface area contributed by atoms with Gasteiger partial charge < -0.3 is 5.11 Å². The third kappa shape index (κ3) is 2.56. The first-order valence-corrected chi connectivity index (χ1v) is 5.83. The number of ketones is 1. The average molecular weight is 242 g/mol. The van der Waals surface area contributed by atoms with Crippen LogP contribution in [0.5, 0.6) is 0 Å². The van der Waals surface area contributed by atoms with Crippen LogP contribution in [-0.2, 0) is 4.79 Å². The second kappa shape index (κ2) is 5.00. The van der Waals surface area contributed by atoms with Crippen molar-refractivity contribution in [2.45, 2.75) is 13.3 Å². The molecule has 1 unspecified atom stereocenters. The highest BCUT2D eigenvalue weighted by Crippen LogP contribution is 2.18. The minimum Gasteiger partial charge on any atom is -0.481 e. The first kappa shape index (κ1) is 12.3. The van der Waals surface area contributed by atoms with Gasteiger partial charge in [0, 0.05) is 12.0 Å². The molecule has 0 saturated carbocycles. The van der Waals surface area contributed by atoms with Crippen LogP contribution in [0.1, 0.15) is 23.7 Å². The molecule has 0 aliphatic heterocycles. The Balaban J connectivity index is 2.25. The van der Waals surface area contributed by atoms with Crippen LogP contribution < -0.4 is 0 Å². The number of hydrogen-bond acceptors (Lipinski definition) is 2. The Morgan fingerprint density at radius 1 is 1.11 bits per heavy atom. The maximum Gasteiger partial charge on any atom is 0.306 e. The van der Waals surface area contributed by atoms with E-state index in [1.54, 1.807) is 13.0 Å². The summed E-state index contributed by atoms with van der Waals surface area (Å²) in [5, 5.41) is 10.9. The Bertz CT molecular complexity index is 601. The Hall–Kier alpha value is -2.16. The minimum absolute atomic E-state index is 0.0354. The van der Waals surface area contributed by atoms with E-state index in [4.69, 9.17) is 5.11 Å². The van der Waals surface area contributed by atoms with Gasteiger partial charge in [-0.3, -0.25) is 9.59 Å². The molecular formula is C15H14O3. The first-order chi connectivity index (χ1) is 8.58. The zero-order chi connectivity index (χ0) is 13.1.